The van der Waals surface area contributed by atoms with Gasteiger partial charge in [0.05, 0.1) is 32.5 Å². The molecule has 2 rings (SSSR count). The molecule has 1 aromatic carbocycles. The number of amides is 2. The maximum atomic E-state index is 12.6. The fourth-order valence-electron chi connectivity index (χ4n) is 2.34. The molecule has 1 atom stereocenters. The van der Waals surface area contributed by atoms with E-state index in [4.69, 9.17) is 9.47 Å². The van der Waals surface area contributed by atoms with Crippen LogP contribution >= 0.6 is 15.9 Å². The molecule has 2 N–H and O–H groups in total. The van der Waals surface area contributed by atoms with E-state index in [1.165, 1.54) is 7.11 Å². The van der Waals surface area contributed by atoms with E-state index in [0.29, 0.717) is 23.0 Å². The van der Waals surface area contributed by atoms with Crippen LogP contribution in [-0.2, 0) is 9.59 Å². The van der Waals surface area contributed by atoms with Gasteiger partial charge in [0.25, 0.3) is 0 Å². The first-order valence-corrected chi connectivity index (χ1v) is 9.28. The molecule has 1 heterocycles. The molecule has 0 saturated heterocycles. The minimum absolute atomic E-state index is 0.0293. The molecule has 0 aliphatic carbocycles. The number of pyridine rings is 1. The summed E-state index contributed by atoms with van der Waals surface area (Å²) < 4.78 is 11.3. The van der Waals surface area contributed by atoms with Crippen LogP contribution in [0.5, 0.6) is 11.5 Å². The lowest BCUT2D eigenvalue weighted by Gasteiger charge is -2.23. The Kier molecular flexibility index (Phi) is 7.77. The van der Waals surface area contributed by atoms with E-state index >= 15 is 0 Å². The van der Waals surface area contributed by atoms with Gasteiger partial charge in [0.15, 0.2) is 0 Å². The van der Waals surface area contributed by atoms with E-state index in [2.05, 4.69) is 31.5 Å². The van der Waals surface area contributed by atoms with Crippen molar-refractivity contribution in [3.8, 4) is 11.5 Å². The zero-order valence-electron chi connectivity index (χ0n) is 16.2. The molecule has 8 nitrogen and oxygen atoms in total. The molecular formula is C19H23BrN4O4. The van der Waals surface area contributed by atoms with E-state index < -0.39 is 6.04 Å². The Morgan fingerprint density at radius 1 is 1.18 bits per heavy atom. The second-order valence-corrected chi connectivity index (χ2v) is 6.97. The van der Waals surface area contributed by atoms with Crippen molar-refractivity contribution in [2.75, 3.05) is 38.4 Å². The highest BCUT2D eigenvalue weighted by Crippen LogP contribution is 2.29. The van der Waals surface area contributed by atoms with Crippen LogP contribution in [-0.4, -0.2) is 55.6 Å². The lowest BCUT2D eigenvalue weighted by atomic mass is 10.2. The maximum Gasteiger partial charge on any atom is 0.241 e. The van der Waals surface area contributed by atoms with E-state index in [-0.39, 0.29) is 18.4 Å². The Morgan fingerprint density at radius 2 is 1.93 bits per heavy atom. The predicted molar refractivity (Wildman–Crippen MR) is 111 cm³/mol. The molecule has 0 aliphatic rings. The number of hydrogen-bond donors (Lipinski definition) is 2. The van der Waals surface area contributed by atoms with Crippen LogP contribution in [0.1, 0.15) is 6.92 Å². The molecule has 0 spiro atoms. The molecular weight excluding hydrogens is 428 g/mol. The summed E-state index contributed by atoms with van der Waals surface area (Å²) in [6.45, 7) is 1.74. The van der Waals surface area contributed by atoms with Gasteiger partial charge in [-0.15, -0.1) is 0 Å². The SMILES string of the molecule is COc1ccc(OC)c(NC(=O)C(C)N(C)CC(=O)Nc2ccc(Br)cn2)c1. The number of nitrogens with zero attached hydrogens (tertiary/aromatic N) is 2. The van der Waals surface area contributed by atoms with Crippen LogP contribution in [0, 0.1) is 0 Å². The molecule has 0 bridgehead atoms. The van der Waals surface area contributed by atoms with Gasteiger partial charge < -0.3 is 20.1 Å². The number of hydrogen-bond acceptors (Lipinski definition) is 6. The normalized spacial score (nSPS) is 11.6. The highest BCUT2D eigenvalue weighted by atomic mass is 79.9. The van der Waals surface area contributed by atoms with Gasteiger partial charge in [0, 0.05) is 16.7 Å². The quantitative estimate of drug-likeness (QED) is 0.642. The van der Waals surface area contributed by atoms with E-state index in [9.17, 15) is 9.59 Å². The Hall–Kier alpha value is -2.65. The minimum atomic E-state index is -0.556. The number of likely N-dealkylation sites (N-methyl/N-ethyl adjacent to an activating group) is 1. The zero-order valence-corrected chi connectivity index (χ0v) is 17.7. The van der Waals surface area contributed by atoms with E-state index in [1.807, 2.05) is 0 Å². The van der Waals surface area contributed by atoms with Crippen LogP contribution in [0.25, 0.3) is 0 Å². The number of benzene rings is 1. The number of halogens is 1. The van der Waals surface area contributed by atoms with E-state index in [0.717, 1.165) is 4.47 Å². The smallest absolute Gasteiger partial charge is 0.241 e. The van der Waals surface area contributed by atoms with E-state index in [1.54, 1.807) is 62.5 Å². The molecule has 150 valence electrons. The number of methoxy groups -OCH3 is 2. The first kappa shape index (κ1) is 21.6. The van der Waals surface area contributed by atoms with Crippen molar-refractivity contribution in [1.82, 2.24) is 9.88 Å². The number of nitrogens with one attached hydrogen (secondary N) is 2. The number of carbonyl (C=O) groups excluding carboxylic acids is 2. The van der Waals surface area contributed by atoms with Crippen molar-refractivity contribution in [2.24, 2.45) is 0 Å². The first-order valence-electron chi connectivity index (χ1n) is 8.48. The average molecular weight is 451 g/mol. The summed E-state index contributed by atoms with van der Waals surface area (Å²) in [5, 5.41) is 5.51. The Morgan fingerprint density at radius 3 is 2.54 bits per heavy atom. The Balaban J connectivity index is 1.96. The molecule has 0 fully saturated rings. The standard InChI is InChI=1S/C19H23BrN4O4/c1-12(19(26)22-15-9-14(27-3)6-7-16(15)28-4)24(2)11-18(25)23-17-8-5-13(20)10-21-17/h5-10,12H,11H2,1-4H3,(H,22,26)(H,21,23,25). The van der Waals surface area contributed by atoms with Crippen LogP contribution in [0.3, 0.4) is 0 Å². The predicted octanol–water partition coefficient (Wildman–Crippen LogP) is 2.76. The van der Waals surface area contributed by atoms with Gasteiger partial charge in [-0.25, -0.2) is 4.98 Å². The molecule has 2 amide bonds. The van der Waals surface area contributed by atoms with Gasteiger partial charge in [-0.2, -0.15) is 0 Å². The third-order valence-corrected chi connectivity index (χ3v) is 4.56. The number of rotatable bonds is 8. The highest BCUT2D eigenvalue weighted by Gasteiger charge is 2.21. The largest absolute Gasteiger partial charge is 0.497 e. The van der Waals surface area contributed by atoms with Gasteiger partial charge >= 0.3 is 0 Å². The number of carbonyl (C=O) groups is 2. The lowest BCUT2D eigenvalue weighted by molar-refractivity contribution is -0.122. The van der Waals surface area contributed by atoms with Gasteiger partial charge in [-0.05, 0) is 54.2 Å². The lowest BCUT2D eigenvalue weighted by Crippen LogP contribution is -2.43. The van der Waals surface area contributed by atoms with Gasteiger partial charge in [-0.1, -0.05) is 0 Å². The molecule has 9 heteroatoms. The monoisotopic (exact) mass is 450 g/mol. The summed E-state index contributed by atoms with van der Waals surface area (Å²) in [5.74, 6) is 1.01. The Bertz CT molecular complexity index is 829. The Labute approximate surface area is 172 Å². The van der Waals surface area contributed by atoms with Crippen LogP contribution in [0.4, 0.5) is 11.5 Å². The second kappa shape index (κ2) is 10.0. The van der Waals surface area contributed by atoms with Gasteiger partial charge in [-0.3, -0.25) is 14.5 Å². The van der Waals surface area contributed by atoms with Gasteiger partial charge in [0.2, 0.25) is 11.8 Å². The summed E-state index contributed by atoms with van der Waals surface area (Å²) in [6, 6.07) is 8.04. The summed E-state index contributed by atoms with van der Waals surface area (Å²) in [4.78, 5) is 30.5. The molecule has 2 aromatic rings. The van der Waals surface area contributed by atoms with Crippen molar-refractivity contribution >= 4 is 39.2 Å². The summed E-state index contributed by atoms with van der Waals surface area (Å²) in [6.07, 6.45) is 1.59. The second-order valence-electron chi connectivity index (χ2n) is 6.06. The molecule has 0 radical (unpaired) electrons. The molecule has 1 unspecified atom stereocenters. The van der Waals surface area contributed by atoms with Gasteiger partial charge in [0.1, 0.15) is 17.3 Å². The van der Waals surface area contributed by atoms with Crippen LogP contribution in [0.2, 0.25) is 0 Å². The minimum Gasteiger partial charge on any atom is -0.497 e. The molecule has 28 heavy (non-hydrogen) atoms. The topological polar surface area (TPSA) is 92.8 Å². The zero-order chi connectivity index (χ0) is 20.7. The number of ether oxygens (including phenoxy) is 2. The third-order valence-electron chi connectivity index (χ3n) is 4.09. The summed E-state index contributed by atoms with van der Waals surface area (Å²) in [7, 11) is 4.76. The van der Waals surface area contributed by atoms with Crippen LogP contribution < -0.4 is 20.1 Å². The van der Waals surface area contributed by atoms with Crippen molar-refractivity contribution in [3.05, 3.63) is 41.0 Å². The molecule has 0 saturated carbocycles. The van der Waals surface area contributed by atoms with Crippen molar-refractivity contribution in [1.29, 1.82) is 0 Å². The third kappa shape index (κ3) is 5.93. The summed E-state index contributed by atoms with van der Waals surface area (Å²) >= 11 is 3.29. The highest BCUT2D eigenvalue weighted by molar-refractivity contribution is 9.10. The molecule has 0 aliphatic heterocycles. The maximum absolute atomic E-state index is 12.6. The van der Waals surface area contributed by atoms with Crippen molar-refractivity contribution in [3.63, 3.8) is 0 Å². The average Bonchev–Trinajstić information content (AvgIpc) is 2.68. The number of anilines is 2. The van der Waals surface area contributed by atoms with Crippen molar-refractivity contribution in [2.45, 2.75) is 13.0 Å². The summed E-state index contributed by atoms with van der Waals surface area (Å²) in [5.41, 5.74) is 0.496. The molecule has 1 aromatic heterocycles. The number of aromatic nitrogens is 1. The first-order chi connectivity index (χ1) is 13.3. The fourth-order valence-corrected chi connectivity index (χ4v) is 2.58. The van der Waals surface area contributed by atoms with Crippen LogP contribution in [0.15, 0.2) is 41.0 Å². The fraction of sp³-hybridized carbons (Fsp3) is 0.316. The van der Waals surface area contributed by atoms with Crippen molar-refractivity contribution < 1.29 is 19.1 Å².